The molecule has 0 bridgehead atoms. The van der Waals surface area contributed by atoms with Crippen molar-refractivity contribution in [3.63, 3.8) is 0 Å². The summed E-state index contributed by atoms with van der Waals surface area (Å²) < 4.78 is 29.4. The van der Waals surface area contributed by atoms with Crippen molar-refractivity contribution in [3.05, 3.63) is 35.4 Å². The smallest absolute Gasteiger partial charge is 0.282 e. The van der Waals surface area contributed by atoms with Crippen LogP contribution in [0.4, 0.5) is 0 Å². The third kappa shape index (κ3) is 3.72. The van der Waals surface area contributed by atoms with E-state index in [0.29, 0.717) is 19.6 Å². The Morgan fingerprint density at radius 1 is 1.17 bits per heavy atom. The molecule has 2 heterocycles. The van der Waals surface area contributed by atoms with Gasteiger partial charge in [0.05, 0.1) is 0 Å². The Bertz CT molecular complexity index is 636. The van der Waals surface area contributed by atoms with Gasteiger partial charge in [-0.05, 0) is 37.3 Å². The van der Waals surface area contributed by atoms with Crippen LogP contribution in [0, 0.1) is 0 Å². The van der Waals surface area contributed by atoms with Crippen molar-refractivity contribution in [1.82, 2.24) is 8.61 Å². The summed E-state index contributed by atoms with van der Waals surface area (Å²) in [4.78, 5) is 0. The van der Waals surface area contributed by atoms with Crippen LogP contribution in [0.3, 0.4) is 0 Å². The first-order chi connectivity index (χ1) is 10.5. The maximum absolute atomic E-state index is 13.1. The van der Waals surface area contributed by atoms with Crippen molar-refractivity contribution in [2.45, 2.75) is 51.2 Å². The highest BCUT2D eigenvalue weighted by molar-refractivity contribution is 7.86. The van der Waals surface area contributed by atoms with Gasteiger partial charge < -0.3 is 5.73 Å². The fourth-order valence-corrected chi connectivity index (χ4v) is 5.48. The highest BCUT2D eigenvalue weighted by Gasteiger charge is 2.38. The van der Waals surface area contributed by atoms with Gasteiger partial charge in [0.25, 0.3) is 10.2 Å². The Kier molecular flexibility index (Phi) is 6.08. The van der Waals surface area contributed by atoms with Crippen LogP contribution in [0.2, 0.25) is 0 Å². The molecule has 130 valence electrons. The van der Waals surface area contributed by atoms with E-state index < -0.39 is 10.2 Å². The van der Waals surface area contributed by atoms with Crippen LogP contribution in [-0.4, -0.2) is 42.2 Å². The maximum Gasteiger partial charge on any atom is 0.282 e. The van der Waals surface area contributed by atoms with Crippen molar-refractivity contribution in [1.29, 1.82) is 0 Å². The Labute approximate surface area is 145 Å². The van der Waals surface area contributed by atoms with E-state index in [0.717, 1.165) is 31.2 Å². The molecule has 7 heteroatoms. The third-order valence-electron chi connectivity index (χ3n) is 4.82. The first-order valence-corrected chi connectivity index (χ1v) is 9.49. The lowest BCUT2D eigenvalue weighted by Crippen LogP contribution is -2.56. The molecule has 2 aliphatic rings. The van der Waals surface area contributed by atoms with Crippen LogP contribution in [0.25, 0.3) is 0 Å². The summed E-state index contributed by atoms with van der Waals surface area (Å²) in [5.41, 5.74) is 8.41. The van der Waals surface area contributed by atoms with Gasteiger partial charge in [-0.1, -0.05) is 30.7 Å². The molecule has 1 saturated heterocycles. The van der Waals surface area contributed by atoms with E-state index in [-0.39, 0.29) is 24.5 Å². The predicted molar refractivity (Wildman–Crippen MR) is 94.7 cm³/mol. The fraction of sp³-hybridized carbons (Fsp3) is 0.625. The Hall–Kier alpha value is -0.660. The molecule has 3 rings (SSSR count). The van der Waals surface area contributed by atoms with E-state index in [9.17, 15) is 8.42 Å². The molecule has 0 radical (unpaired) electrons. The molecule has 0 aromatic heterocycles. The topological polar surface area (TPSA) is 66.6 Å². The molecule has 23 heavy (non-hydrogen) atoms. The second-order valence-corrected chi connectivity index (χ2v) is 8.27. The first kappa shape index (κ1) is 18.7. The van der Waals surface area contributed by atoms with Crippen molar-refractivity contribution in [2.24, 2.45) is 5.73 Å². The molecule has 1 aromatic carbocycles. The van der Waals surface area contributed by atoms with Gasteiger partial charge in [0, 0.05) is 31.7 Å². The molecule has 1 fully saturated rings. The predicted octanol–water partition coefficient (Wildman–Crippen LogP) is 1.91. The Balaban J connectivity index is 0.00000192. The van der Waals surface area contributed by atoms with Crippen LogP contribution >= 0.6 is 12.4 Å². The van der Waals surface area contributed by atoms with Gasteiger partial charge in [-0.15, -0.1) is 12.4 Å². The molecular formula is C16H26ClN3O2S. The number of fused-ring (bicyclic) bond motifs is 1. The SMILES string of the molecule is CC(N)C1CCCCN1S(=O)(=O)N1CCc2ccccc2C1.Cl. The van der Waals surface area contributed by atoms with E-state index in [4.69, 9.17) is 5.73 Å². The summed E-state index contributed by atoms with van der Waals surface area (Å²) in [5, 5.41) is 0. The minimum Gasteiger partial charge on any atom is -0.326 e. The zero-order chi connectivity index (χ0) is 15.7. The molecular weight excluding hydrogens is 334 g/mol. The quantitative estimate of drug-likeness (QED) is 0.896. The van der Waals surface area contributed by atoms with Gasteiger partial charge in [-0.25, -0.2) is 0 Å². The number of piperidine rings is 1. The summed E-state index contributed by atoms with van der Waals surface area (Å²) in [6.07, 6.45) is 3.63. The van der Waals surface area contributed by atoms with Crippen LogP contribution in [0.15, 0.2) is 24.3 Å². The molecule has 0 spiro atoms. The molecule has 0 saturated carbocycles. The molecule has 2 atom stereocenters. The summed E-state index contributed by atoms with van der Waals surface area (Å²) in [5.74, 6) is 0. The highest BCUT2D eigenvalue weighted by Crippen LogP contribution is 2.28. The molecule has 2 unspecified atom stereocenters. The summed E-state index contributed by atoms with van der Waals surface area (Å²) in [6.45, 7) is 3.53. The summed E-state index contributed by atoms with van der Waals surface area (Å²) in [6, 6.07) is 7.89. The lowest BCUT2D eigenvalue weighted by Gasteiger charge is -2.40. The average Bonchev–Trinajstić information content (AvgIpc) is 2.54. The number of rotatable bonds is 3. The van der Waals surface area contributed by atoms with Crippen molar-refractivity contribution >= 4 is 22.6 Å². The van der Waals surface area contributed by atoms with Gasteiger partial charge in [0.1, 0.15) is 0 Å². The Morgan fingerprint density at radius 2 is 1.87 bits per heavy atom. The minimum atomic E-state index is -3.44. The zero-order valence-corrected chi connectivity index (χ0v) is 15.2. The van der Waals surface area contributed by atoms with Crippen LogP contribution in [0.1, 0.15) is 37.3 Å². The lowest BCUT2D eigenvalue weighted by atomic mass is 10.00. The van der Waals surface area contributed by atoms with Gasteiger partial charge in [-0.2, -0.15) is 17.0 Å². The van der Waals surface area contributed by atoms with E-state index in [2.05, 4.69) is 6.07 Å². The fourth-order valence-electron chi connectivity index (χ4n) is 3.56. The Morgan fingerprint density at radius 3 is 2.57 bits per heavy atom. The summed E-state index contributed by atoms with van der Waals surface area (Å²) in [7, 11) is -3.44. The second kappa shape index (κ2) is 7.49. The number of halogens is 1. The minimum absolute atomic E-state index is 0. The number of hydrogen-bond acceptors (Lipinski definition) is 3. The lowest BCUT2D eigenvalue weighted by molar-refractivity contribution is 0.207. The second-order valence-electron chi connectivity index (χ2n) is 6.39. The van der Waals surface area contributed by atoms with E-state index in [1.165, 1.54) is 5.56 Å². The van der Waals surface area contributed by atoms with Crippen molar-refractivity contribution in [3.8, 4) is 0 Å². The van der Waals surface area contributed by atoms with E-state index >= 15 is 0 Å². The normalized spacial score (nSPS) is 24.5. The third-order valence-corrected chi connectivity index (χ3v) is 6.83. The standard InChI is InChI=1S/C16H25N3O2S.ClH/c1-13(17)16-8-4-5-10-19(16)22(20,21)18-11-9-14-6-2-3-7-15(14)12-18;/h2-3,6-7,13,16H,4-5,8-12,17H2,1H3;1H. The molecule has 1 aromatic rings. The van der Waals surface area contributed by atoms with Gasteiger partial charge in [-0.3, -0.25) is 0 Å². The molecule has 2 N–H and O–H groups in total. The van der Waals surface area contributed by atoms with E-state index in [1.54, 1.807) is 8.61 Å². The van der Waals surface area contributed by atoms with Crippen LogP contribution in [-0.2, 0) is 23.2 Å². The van der Waals surface area contributed by atoms with Gasteiger partial charge in [0.2, 0.25) is 0 Å². The van der Waals surface area contributed by atoms with Crippen molar-refractivity contribution in [2.75, 3.05) is 13.1 Å². The van der Waals surface area contributed by atoms with Crippen LogP contribution in [0.5, 0.6) is 0 Å². The maximum atomic E-state index is 13.1. The first-order valence-electron chi connectivity index (χ1n) is 8.09. The monoisotopic (exact) mass is 359 g/mol. The van der Waals surface area contributed by atoms with Crippen LogP contribution < -0.4 is 5.73 Å². The highest BCUT2D eigenvalue weighted by atomic mass is 35.5. The molecule has 0 aliphatic carbocycles. The number of benzene rings is 1. The largest absolute Gasteiger partial charge is 0.326 e. The number of hydrogen-bond donors (Lipinski definition) is 1. The molecule has 5 nitrogen and oxygen atoms in total. The van der Waals surface area contributed by atoms with E-state index in [1.807, 2.05) is 25.1 Å². The summed E-state index contributed by atoms with van der Waals surface area (Å²) >= 11 is 0. The average molecular weight is 360 g/mol. The molecule has 0 amide bonds. The van der Waals surface area contributed by atoms with Crippen molar-refractivity contribution < 1.29 is 8.42 Å². The molecule has 2 aliphatic heterocycles. The zero-order valence-electron chi connectivity index (χ0n) is 13.5. The van der Waals surface area contributed by atoms with Gasteiger partial charge in [0.15, 0.2) is 0 Å². The van der Waals surface area contributed by atoms with Gasteiger partial charge >= 0.3 is 0 Å². The number of nitrogens with zero attached hydrogens (tertiary/aromatic N) is 2. The number of nitrogens with two attached hydrogens (primary N) is 1.